The number of aromatic nitrogens is 6. The number of nitrogens with zero attached hydrogens (tertiary/aromatic N) is 7. The molecule has 0 unspecified atom stereocenters. The quantitative estimate of drug-likeness (QED) is 0.0945. The highest BCUT2D eigenvalue weighted by molar-refractivity contribution is 6.76. The van der Waals surface area contributed by atoms with Gasteiger partial charge < -0.3 is 29.1 Å². The Labute approximate surface area is 380 Å². The molecular formula is C49H57N9O6Si. The van der Waals surface area contributed by atoms with Gasteiger partial charge in [0.2, 0.25) is 5.91 Å². The van der Waals surface area contributed by atoms with Gasteiger partial charge in [0.25, 0.3) is 0 Å². The molecule has 0 bridgehead atoms. The number of H-pyrrole nitrogens is 1. The van der Waals surface area contributed by atoms with Crippen molar-refractivity contribution in [3.63, 3.8) is 0 Å². The summed E-state index contributed by atoms with van der Waals surface area (Å²) in [7, 11) is -0.0126. The van der Waals surface area contributed by atoms with Crippen LogP contribution in [0.15, 0.2) is 79.3 Å². The van der Waals surface area contributed by atoms with Crippen molar-refractivity contribution in [3.05, 3.63) is 102 Å². The van der Waals surface area contributed by atoms with Gasteiger partial charge in [0.15, 0.2) is 0 Å². The molecule has 2 N–H and O–H groups in total. The molecule has 338 valence electrons. The number of alkyl carbamates (subject to hydrolysis) is 1. The molecule has 0 radical (unpaired) electrons. The lowest BCUT2D eigenvalue weighted by atomic mass is 10.0. The first-order valence-electron chi connectivity index (χ1n) is 22.5. The summed E-state index contributed by atoms with van der Waals surface area (Å²) in [6, 6.07) is 20.0. The van der Waals surface area contributed by atoms with Gasteiger partial charge in [-0.15, -0.1) is 0 Å². The number of imidazole rings is 2. The maximum atomic E-state index is 14.0. The largest absolute Gasteiger partial charge is 0.453 e. The number of anilines is 1. The molecule has 15 nitrogen and oxygen atoms in total. The number of nitrogens with one attached hydrogen (secondary N) is 2. The number of rotatable bonds is 11. The van der Waals surface area contributed by atoms with Crippen molar-refractivity contribution in [3.8, 4) is 33.8 Å². The number of fused-ring (bicyclic) bond motifs is 1. The van der Waals surface area contributed by atoms with E-state index in [1.165, 1.54) is 7.11 Å². The molecule has 3 amide bonds. The fraction of sp³-hybridized carbons (Fsp3) is 0.408. The monoisotopic (exact) mass is 895 g/mol. The third-order valence-corrected chi connectivity index (χ3v) is 14.1. The van der Waals surface area contributed by atoms with Gasteiger partial charge in [-0.05, 0) is 81.3 Å². The number of hydrogen-bond donors (Lipinski definition) is 2. The van der Waals surface area contributed by atoms with Crippen molar-refractivity contribution in [2.45, 2.75) is 109 Å². The second kappa shape index (κ2) is 17.5. The Kier molecular flexibility index (Phi) is 11.8. The Morgan fingerprint density at radius 2 is 1.66 bits per heavy atom. The van der Waals surface area contributed by atoms with Crippen molar-refractivity contribution < 1.29 is 28.6 Å². The summed E-state index contributed by atoms with van der Waals surface area (Å²) in [5, 5.41) is 2.74. The predicted molar refractivity (Wildman–Crippen MR) is 251 cm³/mol. The third-order valence-electron chi connectivity index (χ3n) is 12.4. The fourth-order valence-electron chi connectivity index (χ4n) is 9.10. The van der Waals surface area contributed by atoms with Crippen LogP contribution < -0.4 is 10.2 Å². The summed E-state index contributed by atoms with van der Waals surface area (Å²) in [6.07, 6.45) is 7.91. The summed E-state index contributed by atoms with van der Waals surface area (Å²) >= 11 is 0. The molecule has 16 heteroatoms. The lowest BCUT2D eigenvalue weighted by molar-refractivity contribution is -0.121. The Bertz CT molecular complexity index is 2750. The van der Waals surface area contributed by atoms with E-state index in [-0.39, 0.29) is 24.1 Å². The topological polar surface area (TPSA) is 170 Å². The average Bonchev–Trinajstić information content (AvgIpc) is 4.10. The summed E-state index contributed by atoms with van der Waals surface area (Å²) in [4.78, 5) is 66.2. The molecule has 6 aromatic rings. The van der Waals surface area contributed by atoms with E-state index in [1.54, 1.807) is 22.2 Å². The number of aromatic amines is 1. The van der Waals surface area contributed by atoms with Crippen molar-refractivity contribution >= 4 is 42.9 Å². The lowest BCUT2D eigenvalue weighted by Crippen LogP contribution is -2.48. The summed E-state index contributed by atoms with van der Waals surface area (Å²) < 4.78 is 19.0. The van der Waals surface area contributed by atoms with Crippen LogP contribution in [0, 0.1) is 0 Å². The van der Waals surface area contributed by atoms with E-state index in [1.807, 2.05) is 75.5 Å². The minimum atomic E-state index is -1.31. The minimum Gasteiger partial charge on any atom is -0.453 e. The molecule has 3 aromatic carbocycles. The van der Waals surface area contributed by atoms with E-state index in [9.17, 15) is 14.4 Å². The number of benzene rings is 3. The number of methoxy groups -OCH3 is 1. The zero-order chi connectivity index (χ0) is 45.6. The number of carbonyl (C=O) groups is 3. The van der Waals surface area contributed by atoms with Gasteiger partial charge in [-0.25, -0.2) is 24.5 Å². The van der Waals surface area contributed by atoms with Gasteiger partial charge in [0, 0.05) is 38.8 Å². The second-order valence-corrected chi connectivity index (χ2v) is 25.0. The predicted octanol–water partition coefficient (Wildman–Crippen LogP) is 9.24. The number of hydrogen-bond acceptors (Lipinski definition) is 10. The highest BCUT2D eigenvalue weighted by Gasteiger charge is 2.43. The zero-order valence-corrected chi connectivity index (χ0v) is 39.2. The summed E-state index contributed by atoms with van der Waals surface area (Å²) in [5.41, 5.74) is 9.19. The molecule has 0 saturated carbocycles. The zero-order valence-electron chi connectivity index (χ0n) is 38.2. The fourth-order valence-corrected chi connectivity index (χ4v) is 9.85. The van der Waals surface area contributed by atoms with Gasteiger partial charge in [0.1, 0.15) is 30.0 Å². The molecular weight excluding hydrogens is 839 g/mol. The van der Waals surface area contributed by atoms with Crippen molar-refractivity contribution in [2.24, 2.45) is 0 Å². The first kappa shape index (κ1) is 43.8. The molecule has 3 aromatic heterocycles. The molecule has 3 aliphatic heterocycles. The first-order chi connectivity index (χ1) is 31.1. The molecule has 65 heavy (non-hydrogen) atoms. The summed E-state index contributed by atoms with van der Waals surface area (Å²) in [6.45, 7) is 14.3. The number of aryl methyl sites for hydroxylation is 1. The van der Waals surface area contributed by atoms with E-state index in [4.69, 9.17) is 34.1 Å². The standard InChI is InChI=1S/C49H57N9O6Si/c1-49(2,3)64-48(61)56-21-9-12-40(56)45-52-28-42(57(45)29-63-22-23-65(5,6)7)33-18-19-35-37(24-33)50-26-38(53-35)30-13-15-31(16-14-30)39-27-51-44(54-39)41-25-34-11-8-10-32-17-20-36(55-47(60)62-4)46(59)58(41)43(32)34/h8,10-11,13-16,18-19,24,26-28,36,40-41H,9,12,17,20-23,25,29H2,1-7H3,(H,51,54)(H,55,60)/t36-,40-,41-/m0/s1. The molecule has 9 rings (SSSR count). The van der Waals surface area contributed by atoms with E-state index in [0.29, 0.717) is 45.0 Å². The SMILES string of the molecule is COC(=O)N[C@H]1CCc2cccc3c2N(C1=O)[C@H](c1ncc(-c2ccc(-c4cnc5cc(-c6cnc([C@@H]7CCCN7C(=O)OC(C)(C)C)n6COCC[Si](C)(C)C)ccc5n4)cc2)[nH]1)C3. The minimum absolute atomic E-state index is 0.176. The molecule has 0 spiro atoms. The van der Waals surface area contributed by atoms with Crippen LogP contribution in [-0.2, 0) is 38.6 Å². The maximum absolute atomic E-state index is 14.0. The van der Waals surface area contributed by atoms with E-state index < -0.39 is 25.8 Å². The lowest BCUT2D eigenvalue weighted by Gasteiger charge is -2.29. The third kappa shape index (κ3) is 9.14. The van der Waals surface area contributed by atoms with Gasteiger partial charge in [0.05, 0.1) is 71.6 Å². The van der Waals surface area contributed by atoms with Crippen molar-refractivity contribution in [2.75, 3.05) is 25.2 Å². The second-order valence-electron chi connectivity index (χ2n) is 19.4. The number of likely N-dealkylation sites (tertiary alicyclic amines) is 1. The Balaban J connectivity index is 0.938. The number of ether oxygens (including phenoxy) is 3. The summed E-state index contributed by atoms with van der Waals surface area (Å²) in [5.74, 6) is 1.28. The number of para-hydroxylation sites is 1. The Hall–Kier alpha value is -6.39. The van der Waals surface area contributed by atoms with Crippen LogP contribution in [0.25, 0.3) is 44.8 Å². The molecule has 1 fully saturated rings. The van der Waals surface area contributed by atoms with Crippen LogP contribution in [-0.4, -0.2) is 92.5 Å². The van der Waals surface area contributed by atoms with Crippen LogP contribution in [0.1, 0.15) is 74.9 Å². The smallest absolute Gasteiger partial charge is 0.410 e. The molecule has 6 heterocycles. The van der Waals surface area contributed by atoms with Crippen LogP contribution in [0.3, 0.4) is 0 Å². The van der Waals surface area contributed by atoms with Crippen molar-refractivity contribution in [1.29, 1.82) is 0 Å². The van der Waals surface area contributed by atoms with Crippen LogP contribution in [0.2, 0.25) is 25.7 Å². The number of carbonyl (C=O) groups excluding carboxylic acids is 3. The van der Waals surface area contributed by atoms with E-state index >= 15 is 0 Å². The van der Waals surface area contributed by atoms with E-state index in [0.717, 1.165) is 86.3 Å². The maximum Gasteiger partial charge on any atom is 0.410 e. The Morgan fingerprint density at radius 1 is 0.892 bits per heavy atom. The highest BCUT2D eigenvalue weighted by atomic mass is 28.3. The van der Waals surface area contributed by atoms with Crippen molar-refractivity contribution in [1.82, 2.24) is 39.7 Å². The van der Waals surface area contributed by atoms with Crippen LogP contribution in [0.4, 0.5) is 15.3 Å². The normalized spacial score (nSPS) is 18.5. The molecule has 3 atom stereocenters. The van der Waals surface area contributed by atoms with Crippen LogP contribution >= 0.6 is 0 Å². The van der Waals surface area contributed by atoms with Gasteiger partial charge in [-0.1, -0.05) is 68.2 Å². The van der Waals surface area contributed by atoms with Gasteiger partial charge in [-0.3, -0.25) is 19.6 Å². The average molecular weight is 896 g/mol. The molecule has 3 aliphatic rings. The first-order valence-corrected chi connectivity index (χ1v) is 26.2. The number of amides is 3. The van der Waals surface area contributed by atoms with E-state index in [2.05, 4.69) is 46.6 Å². The van der Waals surface area contributed by atoms with Gasteiger partial charge in [-0.2, -0.15) is 0 Å². The molecule has 0 aliphatic carbocycles. The Morgan fingerprint density at radius 3 is 2.43 bits per heavy atom. The highest BCUT2D eigenvalue weighted by Crippen LogP contribution is 2.45. The van der Waals surface area contributed by atoms with Gasteiger partial charge >= 0.3 is 12.2 Å². The molecule has 1 saturated heterocycles. The van der Waals surface area contributed by atoms with Crippen LogP contribution in [0.5, 0.6) is 0 Å².